The molecular formula is C20H15N3O3S. The number of carbonyl (C=O) groups is 2. The van der Waals surface area contributed by atoms with Gasteiger partial charge in [0.2, 0.25) is 0 Å². The van der Waals surface area contributed by atoms with Gasteiger partial charge in [-0.1, -0.05) is 29.8 Å². The van der Waals surface area contributed by atoms with E-state index in [9.17, 15) is 9.59 Å². The van der Waals surface area contributed by atoms with E-state index in [1.165, 1.54) is 35.6 Å². The van der Waals surface area contributed by atoms with Crippen LogP contribution in [0.4, 0.5) is 5.13 Å². The number of hydrogen-bond donors (Lipinski definition) is 1. The van der Waals surface area contributed by atoms with Crippen molar-refractivity contribution < 1.29 is 14.3 Å². The van der Waals surface area contributed by atoms with Crippen LogP contribution in [-0.2, 0) is 9.53 Å². The minimum absolute atomic E-state index is 0.276. The van der Waals surface area contributed by atoms with E-state index >= 15 is 0 Å². The number of aryl methyl sites for hydroxylation is 1. The zero-order valence-electron chi connectivity index (χ0n) is 14.4. The fourth-order valence-corrected chi connectivity index (χ4v) is 2.97. The van der Waals surface area contributed by atoms with E-state index in [-0.39, 0.29) is 5.56 Å². The van der Waals surface area contributed by atoms with Gasteiger partial charge < -0.3 is 4.74 Å². The maximum Gasteiger partial charge on any atom is 0.338 e. The van der Waals surface area contributed by atoms with E-state index in [4.69, 9.17) is 10.00 Å². The number of nitriles is 1. The maximum absolute atomic E-state index is 12.0. The van der Waals surface area contributed by atoms with Gasteiger partial charge in [0.1, 0.15) is 0 Å². The molecule has 0 aliphatic rings. The Labute approximate surface area is 160 Å². The Hall–Kier alpha value is -3.50. The second-order valence-corrected chi connectivity index (χ2v) is 6.58. The van der Waals surface area contributed by atoms with Gasteiger partial charge in [-0.2, -0.15) is 5.26 Å². The Balaban J connectivity index is 1.54. The number of rotatable bonds is 5. The molecular weight excluding hydrogens is 362 g/mol. The summed E-state index contributed by atoms with van der Waals surface area (Å²) >= 11 is 1.30. The molecule has 0 radical (unpaired) electrons. The van der Waals surface area contributed by atoms with Gasteiger partial charge in [0.25, 0.3) is 5.91 Å². The molecule has 0 aliphatic carbocycles. The topological polar surface area (TPSA) is 92.1 Å². The number of ether oxygens (including phenoxy) is 1. The zero-order valence-corrected chi connectivity index (χ0v) is 15.2. The smallest absolute Gasteiger partial charge is 0.338 e. The van der Waals surface area contributed by atoms with E-state index in [1.54, 1.807) is 0 Å². The quantitative estimate of drug-likeness (QED) is 0.683. The Bertz CT molecular complexity index is 1000. The highest BCUT2D eigenvalue weighted by atomic mass is 32.1. The number of nitrogens with zero attached hydrogens (tertiary/aromatic N) is 2. The first-order valence-electron chi connectivity index (χ1n) is 8.05. The van der Waals surface area contributed by atoms with Gasteiger partial charge in [0.05, 0.1) is 22.9 Å². The van der Waals surface area contributed by atoms with Crippen molar-refractivity contribution in [3.8, 4) is 17.3 Å². The predicted molar refractivity (Wildman–Crippen MR) is 102 cm³/mol. The number of amides is 1. The first kappa shape index (κ1) is 18.3. The van der Waals surface area contributed by atoms with Gasteiger partial charge in [-0.25, -0.2) is 9.78 Å². The van der Waals surface area contributed by atoms with Crippen LogP contribution in [0.5, 0.6) is 0 Å². The zero-order chi connectivity index (χ0) is 19.2. The van der Waals surface area contributed by atoms with Gasteiger partial charge in [0, 0.05) is 10.9 Å². The van der Waals surface area contributed by atoms with Crippen LogP contribution in [0.1, 0.15) is 21.5 Å². The monoisotopic (exact) mass is 377 g/mol. The van der Waals surface area contributed by atoms with E-state index < -0.39 is 18.5 Å². The van der Waals surface area contributed by atoms with E-state index in [2.05, 4.69) is 10.3 Å². The van der Waals surface area contributed by atoms with E-state index in [0.717, 1.165) is 16.8 Å². The molecule has 27 heavy (non-hydrogen) atoms. The molecule has 7 heteroatoms. The Kier molecular flexibility index (Phi) is 5.59. The minimum atomic E-state index is -0.630. The van der Waals surface area contributed by atoms with Crippen LogP contribution in [0.15, 0.2) is 53.9 Å². The predicted octanol–water partition coefficient (Wildman–Crippen LogP) is 3.79. The lowest BCUT2D eigenvalue weighted by molar-refractivity contribution is -0.119. The van der Waals surface area contributed by atoms with Crippen LogP contribution in [0.2, 0.25) is 0 Å². The number of carbonyl (C=O) groups excluding carboxylic acids is 2. The Morgan fingerprint density at radius 1 is 1.15 bits per heavy atom. The molecule has 3 rings (SSSR count). The molecule has 0 saturated carbocycles. The molecule has 1 aromatic heterocycles. The lowest BCUT2D eigenvalue weighted by Gasteiger charge is -2.04. The highest BCUT2D eigenvalue weighted by molar-refractivity contribution is 7.14. The summed E-state index contributed by atoms with van der Waals surface area (Å²) in [6.07, 6.45) is 0. The third-order valence-corrected chi connectivity index (χ3v) is 4.44. The molecule has 0 fully saturated rings. The summed E-state index contributed by atoms with van der Waals surface area (Å²) in [5.41, 5.74) is 3.61. The third kappa shape index (κ3) is 4.77. The van der Waals surface area contributed by atoms with Crippen molar-refractivity contribution in [1.29, 1.82) is 5.26 Å². The highest BCUT2D eigenvalue weighted by Crippen LogP contribution is 2.25. The average Bonchev–Trinajstić information content (AvgIpc) is 3.15. The summed E-state index contributed by atoms with van der Waals surface area (Å²) in [4.78, 5) is 28.3. The lowest BCUT2D eigenvalue weighted by atomic mass is 10.1. The molecule has 3 aromatic rings. The molecule has 6 nitrogen and oxygen atoms in total. The third-order valence-electron chi connectivity index (χ3n) is 3.68. The van der Waals surface area contributed by atoms with E-state index in [0.29, 0.717) is 10.7 Å². The molecule has 1 amide bonds. The average molecular weight is 377 g/mol. The number of nitrogens with one attached hydrogen (secondary N) is 1. The van der Waals surface area contributed by atoms with Crippen molar-refractivity contribution >= 4 is 28.3 Å². The van der Waals surface area contributed by atoms with Crippen LogP contribution in [0, 0.1) is 18.3 Å². The standard InChI is InChI=1S/C20H15N3O3S/c1-13-2-6-15(7-3-13)17-12-27-20(22-17)23-18(24)11-26-19(25)16-8-4-14(10-21)5-9-16/h2-9,12H,11H2,1H3,(H,22,23,24). The van der Waals surface area contributed by atoms with Crippen LogP contribution >= 0.6 is 11.3 Å². The van der Waals surface area contributed by atoms with Crippen LogP contribution in [-0.4, -0.2) is 23.5 Å². The summed E-state index contributed by atoms with van der Waals surface area (Å²) in [6, 6.07) is 15.9. The summed E-state index contributed by atoms with van der Waals surface area (Å²) in [6.45, 7) is 1.59. The van der Waals surface area contributed by atoms with Gasteiger partial charge >= 0.3 is 5.97 Å². The molecule has 0 unspecified atom stereocenters. The number of benzene rings is 2. The van der Waals surface area contributed by atoms with E-state index in [1.807, 2.05) is 42.6 Å². The minimum Gasteiger partial charge on any atom is -0.452 e. The van der Waals surface area contributed by atoms with Crippen molar-refractivity contribution in [2.45, 2.75) is 6.92 Å². The maximum atomic E-state index is 12.0. The highest BCUT2D eigenvalue weighted by Gasteiger charge is 2.12. The molecule has 134 valence electrons. The number of hydrogen-bond acceptors (Lipinski definition) is 6. The van der Waals surface area contributed by atoms with Gasteiger partial charge in [-0.3, -0.25) is 10.1 Å². The van der Waals surface area contributed by atoms with Crippen molar-refractivity contribution in [3.63, 3.8) is 0 Å². The summed E-state index contributed by atoms with van der Waals surface area (Å²) in [5.74, 6) is -1.10. The Morgan fingerprint density at radius 2 is 1.85 bits per heavy atom. The molecule has 0 bridgehead atoms. The largest absolute Gasteiger partial charge is 0.452 e. The van der Waals surface area contributed by atoms with Gasteiger partial charge in [-0.15, -0.1) is 11.3 Å². The molecule has 1 N–H and O–H groups in total. The van der Waals surface area contributed by atoms with Gasteiger partial charge in [0.15, 0.2) is 11.7 Å². The fourth-order valence-electron chi connectivity index (χ4n) is 2.24. The molecule has 2 aromatic carbocycles. The summed E-state index contributed by atoms with van der Waals surface area (Å²) < 4.78 is 4.98. The molecule has 0 atom stereocenters. The number of anilines is 1. The molecule has 0 saturated heterocycles. The first-order valence-corrected chi connectivity index (χ1v) is 8.93. The number of thiazole rings is 1. The number of esters is 1. The Morgan fingerprint density at radius 3 is 2.52 bits per heavy atom. The fraction of sp³-hybridized carbons (Fsp3) is 0.100. The summed E-state index contributed by atoms with van der Waals surface area (Å²) in [5, 5.41) is 13.6. The lowest BCUT2D eigenvalue weighted by Crippen LogP contribution is -2.20. The van der Waals surface area contributed by atoms with Crippen molar-refractivity contribution in [2.24, 2.45) is 0 Å². The second kappa shape index (κ2) is 8.25. The van der Waals surface area contributed by atoms with Gasteiger partial charge in [-0.05, 0) is 31.2 Å². The van der Waals surface area contributed by atoms with Crippen LogP contribution in [0.3, 0.4) is 0 Å². The molecule has 0 aliphatic heterocycles. The van der Waals surface area contributed by atoms with Crippen molar-refractivity contribution in [1.82, 2.24) is 4.98 Å². The van der Waals surface area contributed by atoms with Crippen LogP contribution in [0.25, 0.3) is 11.3 Å². The SMILES string of the molecule is Cc1ccc(-c2csc(NC(=O)COC(=O)c3ccc(C#N)cc3)n2)cc1. The van der Waals surface area contributed by atoms with Crippen molar-refractivity contribution in [2.75, 3.05) is 11.9 Å². The van der Waals surface area contributed by atoms with Crippen molar-refractivity contribution in [3.05, 3.63) is 70.6 Å². The summed E-state index contributed by atoms with van der Waals surface area (Å²) in [7, 11) is 0. The second-order valence-electron chi connectivity index (χ2n) is 5.72. The van der Waals surface area contributed by atoms with Crippen LogP contribution < -0.4 is 5.32 Å². The number of aromatic nitrogens is 1. The molecule has 1 heterocycles. The molecule has 0 spiro atoms. The first-order chi connectivity index (χ1) is 13.0. The normalized spacial score (nSPS) is 10.1.